The van der Waals surface area contributed by atoms with Gasteiger partial charge in [0.05, 0.1) is 12.0 Å². The zero-order valence-electron chi connectivity index (χ0n) is 7.54. The van der Waals surface area contributed by atoms with Gasteiger partial charge in [-0.3, -0.25) is 4.79 Å². The lowest BCUT2D eigenvalue weighted by atomic mass is 10.1. The lowest BCUT2D eigenvalue weighted by Crippen LogP contribution is -2.33. The molecule has 0 atom stereocenters. The fraction of sp³-hybridized carbons (Fsp3) is 0.556. The smallest absolute Gasteiger partial charge is 0.159 e. The number of nitrogens with zero attached hydrogens (tertiary/aromatic N) is 1. The van der Waals surface area contributed by atoms with Crippen molar-refractivity contribution in [2.45, 2.75) is 31.7 Å². The molecular formula is C9H12N2OS. The zero-order valence-corrected chi connectivity index (χ0v) is 8.36. The van der Waals surface area contributed by atoms with Gasteiger partial charge in [-0.15, -0.1) is 11.3 Å². The number of carbonyl (C=O) groups is 1. The molecule has 0 amide bonds. The number of ketones is 1. The van der Waals surface area contributed by atoms with Crippen LogP contribution < -0.4 is 5.73 Å². The van der Waals surface area contributed by atoms with Gasteiger partial charge in [0.15, 0.2) is 5.78 Å². The molecule has 4 heteroatoms. The van der Waals surface area contributed by atoms with E-state index in [1.165, 1.54) is 11.3 Å². The van der Waals surface area contributed by atoms with Gasteiger partial charge in [-0.2, -0.15) is 0 Å². The van der Waals surface area contributed by atoms with Crippen LogP contribution in [0, 0.1) is 6.92 Å². The predicted octanol–water partition coefficient (Wildman–Crippen LogP) is 1.05. The molecule has 1 fully saturated rings. The fourth-order valence-corrected chi connectivity index (χ4v) is 1.98. The van der Waals surface area contributed by atoms with Crippen molar-refractivity contribution in [1.82, 2.24) is 4.98 Å². The lowest BCUT2D eigenvalue weighted by Gasteiger charge is -2.04. The quantitative estimate of drug-likeness (QED) is 0.786. The van der Waals surface area contributed by atoms with Gasteiger partial charge in [-0.05, 0) is 19.8 Å². The van der Waals surface area contributed by atoms with Crippen LogP contribution in [0.3, 0.4) is 0 Å². The first-order chi connectivity index (χ1) is 6.10. The molecule has 1 saturated carbocycles. The summed E-state index contributed by atoms with van der Waals surface area (Å²) in [6, 6.07) is 0. The number of aryl methyl sites for hydroxylation is 1. The van der Waals surface area contributed by atoms with Gasteiger partial charge < -0.3 is 5.73 Å². The van der Waals surface area contributed by atoms with Crippen molar-refractivity contribution >= 4 is 17.1 Å². The summed E-state index contributed by atoms with van der Waals surface area (Å²) in [4.78, 5) is 15.8. The van der Waals surface area contributed by atoms with E-state index in [2.05, 4.69) is 4.98 Å². The van der Waals surface area contributed by atoms with Crippen LogP contribution in [0.5, 0.6) is 0 Å². The van der Waals surface area contributed by atoms with Crippen molar-refractivity contribution in [1.29, 1.82) is 0 Å². The molecule has 0 aliphatic heterocycles. The molecule has 0 saturated heterocycles. The molecule has 1 aromatic heterocycles. The predicted molar refractivity (Wildman–Crippen MR) is 51.7 cm³/mol. The monoisotopic (exact) mass is 196 g/mol. The summed E-state index contributed by atoms with van der Waals surface area (Å²) in [5, 5.41) is 2.85. The standard InChI is InChI=1S/C9H12N2OS/c1-6-5-13-8(11-6)4-7(12)9(10)2-3-9/h5H,2-4,10H2,1H3. The summed E-state index contributed by atoms with van der Waals surface area (Å²) in [7, 11) is 0. The van der Waals surface area contributed by atoms with Crippen molar-refractivity contribution in [2.75, 3.05) is 0 Å². The summed E-state index contributed by atoms with van der Waals surface area (Å²) < 4.78 is 0. The highest BCUT2D eigenvalue weighted by atomic mass is 32.1. The Morgan fingerprint density at radius 3 is 2.92 bits per heavy atom. The third-order valence-corrected chi connectivity index (χ3v) is 3.29. The Morgan fingerprint density at radius 2 is 2.46 bits per heavy atom. The molecule has 0 unspecified atom stereocenters. The van der Waals surface area contributed by atoms with Crippen LogP contribution in [0.1, 0.15) is 23.5 Å². The number of hydrogen-bond donors (Lipinski definition) is 1. The van der Waals surface area contributed by atoms with Gasteiger partial charge in [0.1, 0.15) is 5.01 Å². The van der Waals surface area contributed by atoms with Crippen LogP contribution >= 0.6 is 11.3 Å². The van der Waals surface area contributed by atoms with Crippen LogP contribution in [-0.4, -0.2) is 16.3 Å². The largest absolute Gasteiger partial charge is 0.319 e. The van der Waals surface area contributed by atoms with Crippen LogP contribution in [0.4, 0.5) is 0 Å². The first kappa shape index (κ1) is 8.84. The number of carbonyl (C=O) groups excluding carboxylic acids is 1. The second-order valence-electron chi connectivity index (χ2n) is 3.64. The summed E-state index contributed by atoms with van der Waals surface area (Å²) in [6.07, 6.45) is 2.10. The van der Waals surface area contributed by atoms with Gasteiger partial charge in [0, 0.05) is 11.1 Å². The van der Waals surface area contributed by atoms with Crippen molar-refractivity contribution in [3.8, 4) is 0 Å². The highest BCUT2D eigenvalue weighted by Crippen LogP contribution is 2.34. The Kier molecular flexibility index (Phi) is 1.96. The van der Waals surface area contributed by atoms with Crippen molar-refractivity contribution in [3.05, 3.63) is 16.1 Å². The highest BCUT2D eigenvalue weighted by molar-refractivity contribution is 7.09. The van der Waals surface area contributed by atoms with Crippen molar-refractivity contribution < 1.29 is 4.79 Å². The minimum absolute atomic E-state index is 0.141. The second kappa shape index (κ2) is 2.89. The SMILES string of the molecule is Cc1csc(CC(=O)C2(N)CC2)n1. The normalized spacial score (nSPS) is 18.6. The summed E-state index contributed by atoms with van der Waals surface area (Å²) >= 11 is 1.53. The number of thiazole rings is 1. The van der Waals surface area contributed by atoms with Gasteiger partial charge in [-0.25, -0.2) is 4.98 Å². The maximum Gasteiger partial charge on any atom is 0.159 e. The fourth-order valence-electron chi connectivity index (χ4n) is 1.21. The average Bonchev–Trinajstić information content (AvgIpc) is 2.69. The number of Topliss-reactive ketones (excluding diaryl/α,β-unsaturated/α-hetero) is 1. The van der Waals surface area contributed by atoms with Gasteiger partial charge in [0.25, 0.3) is 0 Å². The zero-order chi connectivity index (χ0) is 9.47. The summed E-state index contributed by atoms with van der Waals surface area (Å²) in [6.45, 7) is 1.93. The first-order valence-corrected chi connectivity index (χ1v) is 5.21. The van der Waals surface area contributed by atoms with Crippen LogP contribution in [0.25, 0.3) is 0 Å². The van der Waals surface area contributed by atoms with E-state index in [0.29, 0.717) is 6.42 Å². The average molecular weight is 196 g/mol. The minimum Gasteiger partial charge on any atom is -0.319 e. The Balaban J connectivity index is 2.02. The molecule has 0 bridgehead atoms. The van der Waals surface area contributed by atoms with Crippen LogP contribution in [0.15, 0.2) is 5.38 Å². The molecule has 13 heavy (non-hydrogen) atoms. The second-order valence-corrected chi connectivity index (χ2v) is 4.58. The van der Waals surface area contributed by atoms with Crippen LogP contribution in [-0.2, 0) is 11.2 Å². The number of aromatic nitrogens is 1. The van der Waals surface area contributed by atoms with E-state index in [9.17, 15) is 4.79 Å². The highest BCUT2D eigenvalue weighted by Gasteiger charge is 2.45. The van der Waals surface area contributed by atoms with Gasteiger partial charge >= 0.3 is 0 Å². The Morgan fingerprint density at radius 1 is 1.77 bits per heavy atom. The molecule has 1 aliphatic carbocycles. The summed E-state index contributed by atoms with van der Waals surface area (Å²) in [5.74, 6) is 0.141. The van der Waals surface area contributed by atoms with Gasteiger partial charge in [-0.1, -0.05) is 0 Å². The first-order valence-electron chi connectivity index (χ1n) is 4.33. The van der Waals surface area contributed by atoms with E-state index in [4.69, 9.17) is 5.73 Å². The molecule has 0 aromatic carbocycles. The number of hydrogen-bond acceptors (Lipinski definition) is 4. The molecular weight excluding hydrogens is 184 g/mol. The van der Waals surface area contributed by atoms with E-state index < -0.39 is 5.54 Å². The molecule has 70 valence electrons. The topological polar surface area (TPSA) is 56.0 Å². The molecule has 1 aromatic rings. The Hall–Kier alpha value is -0.740. The Bertz CT molecular complexity index is 341. The number of nitrogens with two attached hydrogens (primary N) is 1. The van der Waals surface area contributed by atoms with E-state index in [1.807, 2.05) is 12.3 Å². The van der Waals surface area contributed by atoms with Gasteiger partial charge in [0.2, 0.25) is 0 Å². The lowest BCUT2D eigenvalue weighted by molar-refractivity contribution is -0.120. The molecule has 0 radical (unpaired) electrons. The van der Waals surface area contributed by atoms with Crippen molar-refractivity contribution in [3.63, 3.8) is 0 Å². The molecule has 2 rings (SSSR count). The van der Waals surface area contributed by atoms with E-state index in [0.717, 1.165) is 23.5 Å². The molecule has 3 nitrogen and oxygen atoms in total. The third kappa shape index (κ3) is 1.78. The maximum absolute atomic E-state index is 11.5. The van der Waals surface area contributed by atoms with Crippen LogP contribution in [0.2, 0.25) is 0 Å². The molecule has 1 aliphatic rings. The molecule has 2 N–H and O–H groups in total. The van der Waals surface area contributed by atoms with E-state index in [1.54, 1.807) is 0 Å². The molecule has 1 heterocycles. The van der Waals surface area contributed by atoms with E-state index >= 15 is 0 Å². The third-order valence-electron chi connectivity index (χ3n) is 2.32. The Labute approximate surface area is 81.0 Å². The minimum atomic E-state index is -0.500. The maximum atomic E-state index is 11.5. The number of rotatable bonds is 3. The summed E-state index contributed by atoms with van der Waals surface area (Å²) in [5.41, 5.74) is 6.25. The van der Waals surface area contributed by atoms with Crippen molar-refractivity contribution in [2.24, 2.45) is 5.73 Å². The molecule has 0 spiro atoms. The van der Waals surface area contributed by atoms with E-state index in [-0.39, 0.29) is 5.78 Å².